The van der Waals surface area contributed by atoms with Crippen LogP contribution in [0.3, 0.4) is 0 Å². The Bertz CT molecular complexity index is 523. The third kappa shape index (κ3) is 3.93. The standard InChI is InChI=1S/C14H16F3NO3/c15-14(16,17)12-8-10(3-6-13(12)18(20)21)7-9-1-4-11(19)5-2-9/h3,6,8-9,11,19H,1-2,4-5,7H2. The highest BCUT2D eigenvalue weighted by Gasteiger charge is 2.38. The maximum Gasteiger partial charge on any atom is 0.423 e. The van der Waals surface area contributed by atoms with Crippen molar-refractivity contribution < 1.29 is 23.2 Å². The molecule has 1 saturated carbocycles. The first-order valence-electron chi connectivity index (χ1n) is 6.80. The van der Waals surface area contributed by atoms with Gasteiger partial charge in [-0.25, -0.2) is 0 Å². The Morgan fingerprint density at radius 2 is 1.86 bits per heavy atom. The van der Waals surface area contributed by atoms with Crippen molar-refractivity contribution >= 4 is 5.69 Å². The molecule has 0 amide bonds. The van der Waals surface area contributed by atoms with Gasteiger partial charge in [-0.05, 0) is 49.7 Å². The van der Waals surface area contributed by atoms with Crippen LogP contribution in [-0.4, -0.2) is 16.1 Å². The van der Waals surface area contributed by atoms with E-state index < -0.39 is 22.4 Å². The molecule has 0 spiro atoms. The number of hydrogen-bond donors (Lipinski definition) is 1. The Hall–Kier alpha value is -1.63. The van der Waals surface area contributed by atoms with E-state index in [-0.39, 0.29) is 12.0 Å². The smallest absolute Gasteiger partial charge is 0.393 e. The van der Waals surface area contributed by atoms with Gasteiger partial charge in [0.2, 0.25) is 0 Å². The van der Waals surface area contributed by atoms with Crippen LogP contribution in [0, 0.1) is 16.0 Å². The molecule has 4 nitrogen and oxygen atoms in total. The average molecular weight is 303 g/mol. The summed E-state index contributed by atoms with van der Waals surface area (Å²) in [5, 5.41) is 20.1. The lowest BCUT2D eigenvalue weighted by atomic mass is 9.83. The number of benzene rings is 1. The highest BCUT2D eigenvalue weighted by molar-refractivity contribution is 5.44. The predicted octanol–water partition coefficient (Wildman–Crippen LogP) is 3.71. The van der Waals surface area contributed by atoms with Crippen molar-refractivity contribution in [3.05, 3.63) is 39.4 Å². The SMILES string of the molecule is O=[N+]([O-])c1ccc(CC2CCC(O)CC2)cc1C(F)(F)F. The van der Waals surface area contributed by atoms with Crippen LogP contribution in [0.15, 0.2) is 18.2 Å². The summed E-state index contributed by atoms with van der Waals surface area (Å²) in [4.78, 5) is 9.67. The Kier molecular flexibility index (Phi) is 4.51. The van der Waals surface area contributed by atoms with Crippen LogP contribution < -0.4 is 0 Å². The third-order valence-electron chi connectivity index (χ3n) is 3.90. The molecule has 0 bridgehead atoms. The fourth-order valence-corrected chi connectivity index (χ4v) is 2.78. The van der Waals surface area contributed by atoms with E-state index in [0.717, 1.165) is 25.0 Å². The molecule has 1 fully saturated rings. The zero-order valence-electron chi connectivity index (χ0n) is 11.3. The number of alkyl halides is 3. The Balaban J connectivity index is 2.20. The fourth-order valence-electron chi connectivity index (χ4n) is 2.78. The van der Waals surface area contributed by atoms with E-state index in [9.17, 15) is 28.4 Å². The molecular formula is C14H16F3NO3. The lowest BCUT2D eigenvalue weighted by Crippen LogP contribution is -2.19. The lowest BCUT2D eigenvalue weighted by Gasteiger charge is -2.25. The van der Waals surface area contributed by atoms with Crippen molar-refractivity contribution in [1.82, 2.24) is 0 Å². The minimum Gasteiger partial charge on any atom is -0.393 e. The van der Waals surface area contributed by atoms with E-state index in [4.69, 9.17) is 0 Å². The summed E-state index contributed by atoms with van der Waals surface area (Å²) in [6.07, 6.45) is -1.76. The Morgan fingerprint density at radius 3 is 2.38 bits per heavy atom. The lowest BCUT2D eigenvalue weighted by molar-refractivity contribution is -0.388. The number of hydrogen-bond acceptors (Lipinski definition) is 3. The van der Waals surface area contributed by atoms with Crippen LogP contribution in [-0.2, 0) is 12.6 Å². The van der Waals surface area contributed by atoms with Crippen molar-refractivity contribution in [1.29, 1.82) is 0 Å². The minimum atomic E-state index is -4.73. The second kappa shape index (κ2) is 6.01. The number of aliphatic hydroxyl groups is 1. The molecular weight excluding hydrogens is 287 g/mol. The topological polar surface area (TPSA) is 63.4 Å². The molecule has 2 rings (SSSR count). The second-order valence-electron chi connectivity index (χ2n) is 5.49. The van der Waals surface area contributed by atoms with Gasteiger partial charge in [-0.2, -0.15) is 13.2 Å². The third-order valence-corrected chi connectivity index (χ3v) is 3.90. The van der Waals surface area contributed by atoms with E-state index >= 15 is 0 Å². The normalized spacial score (nSPS) is 23.0. The molecule has 21 heavy (non-hydrogen) atoms. The van der Waals surface area contributed by atoms with Crippen LogP contribution in [0.1, 0.15) is 36.8 Å². The van der Waals surface area contributed by atoms with Gasteiger partial charge in [-0.1, -0.05) is 6.07 Å². The van der Waals surface area contributed by atoms with Gasteiger partial charge in [-0.15, -0.1) is 0 Å². The predicted molar refractivity (Wildman–Crippen MR) is 69.8 cm³/mol. The summed E-state index contributed by atoms with van der Waals surface area (Å²) in [6.45, 7) is 0. The highest BCUT2D eigenvalue weighted by Crippen LogP contribution is 2.37. The highest BCUT2D eigenvalue weighted by atomic mass is 19.4. The van der Waals surface area contributed by atoms with Crippen molar-refractivity contribution in [3.63, 3.8) is 0 Å². The molecule has 0 heterocycles. The first-order valence-corrected chi connectivity index (χ1v) is 6.80. The maximum atomic E-state index is 12.9. The van der Waals surface area contributed by atoms with Gasteiger partial charge >= 0.3 is 6.18 Å². The summed E-state index contributed by atoms with van der Waals surface area (Å²) < 4.78 is 38.6. The maximum absolute atomic E-state index is 12.9. The van der Waals surface area contributed by atoms with Gasteiger partial charge < -0.3 is 5.11 Å². The Labute approximate surface area is 119 Å². The van der Waals surface area contributed by atoms with Gasteiger partial charge in [0.1, 0.15) is 5.56 Å². The zero-order chi connectivity index (χ0) is 15.6. The van der Waals surface area contributed by atoms with Crippen LogP contribution in [0.5, 0.6) is 0 Å². The summed E-state index contributed by atoms with van der Waals surface area (Å²) in [5.74, 6) is 0.218. The van der Waals surface area contributed by atoms with Gasteiger partial charge in [0.25, 0.3) is 5.69 Å². The molecule has 0 unspecified atom stereocenters. The molecule has 1 N–H and O–H groups in total. The second-order valence-corrected chi connectivity index (χ2v) is 5.49. The van der Waals surface area contributed by atoms with Crippen molar-refractivity contribution in [2.24, 2.45) is 5.92 Å². The zero-order valence-corrected chi connectivity index (χ0v) is 11.3. The van der Waals surface area contributed by atoms with Crippen molar-refractivity contribution in [2.45, 2.75) is 44.4 Å². The van der Waals surface area contributed by atoms with Crippen molar-refractivity contribution in [2.75, 3.05) is 0 Å². The molecule has 0 aliphatic heterocycles. The first-order chi connectivity index (χ1) is 9.77. The van der Waals surface area contributed by atoms with Gasteiger partial charge in [0.05, 0.1) is 11.0 Å². The molecule has 1 aromatic carbocycles. The van der Waals surface area contributed by atoms with Crippen LogP contribution in [0.2, 0.25) is 0 Å². The first kappa shape index (κ1) is 15.8. The summed E-state index contributed by atoms with van der Waals surface area (Å²) in [7, 11) is 0. The number of nitrogens with zero attached hydrogens (tertiary/aromatic N) is 1. The molecule has 1 aliphatic rings. The number of halogens is 3. The van der Waals surface area contributed by atoms with Gasteiger partial charge in [0.15, 0.2) is 0 Å². The van der Waals surface area contributed by atoms with Crippen molar-refractivity contribution in [3.8, 4) is 0 Å². The molecule has 0 radical (unpaired) electrons. The minimum absolute atomic E-state index is 0.218. The fraction of sp³-hybridized carbons (Fsp3) is 0.571. The number of aliphatic hydroxyl groups excluding tert-OH is 1. The summed E-state index contributed by atoms with van der Waals surface area (Å²) in [5.41, 5.74) is -1.65. The molecule has 0 aromatic heterocycles. The molecule has 1 aromatic rings. The van der Waals surface area contributed by atoms with Gasteiger partial charge in [-0.3, -0.25) is 10.1 Å². The largest absolute Gasteiger partial charge is 0.423 e. The van der Waals surface area contributed by atoms with Gasteiger partial charge in [0, 0.05) is 6.07 Å². The quantitative estimate of drug-likeness (QED) is 0.684. The molecule has 7 heteroatoms. The number of nitro benzene ring substituents is 1. The van der Waals surface area contributed by atoms with E-state index in [1.54, 1.807) is 0 Å². The monoisotopic (exact) mass is 303 g/mol. The van der Waals surface area contributed by atoms with Crippen LogP contribution >= 0.6 is 0 Å². The number of nitro groups is 1. The van der Waals surface area contributed by atoms with Crippen LogP contribution in [0.4, 0.5) is 18.9 Å². The van der Waals surface area contributed by atoms with E-state index in [1.807, 2.05) is 0 Å². The molecule has 0 saturated heterocycles. The molecule has 116 valence electrons. The summed E-state index contributed by atoms with van der Waals surface area (Å²) >= 11 is 0. The molecule has 1 aliphatic carbocycles. The average Bonchev–Trinajstić information content (AvgIpc) is 2.40. The number of rotatable bonds is 3. The van der Waals surface area contributed by atoms with E-state index in [1.165, 1.54) is 6.07 Å². The molecule has 0 atom stereocenters. The van der Waals surface area contributed by atoms with Crippen LogP contribution in [0.25, 0.3) is 0 Å². The summed E-state index contributed by atoms with van der Waals surface area (Å²) in [6, 6.07) is 3.19. The van der Waals surface area contributed by atoms with E-state index in [2.05, 4.69) is 0 Å². The van der Waals surface area contributed by atoms with E-state index in [0.29, 0.717) is 24.8 Å². The Morgan fingerprint density at radius 1 is 1.24 bits per heavy atom.